The summed E-state index contributed by atoms with van der Waals surface area (Å²) in [7, 11) is -1.80. The second-order valence-electron chi connectivity index (χ2n) is 7.98. The first-order valence-electron chi connectivity index (χ1n) is 10.2. The van der Waals surface area contributed by atoms with Crippen LogP contribution in [0.1, 0.15) is 25.9 Å². The first-order valence-corrected chi connectivity index (χ1v) is 12.1. The topological polar surface area (TPSA) is 75.7 Å². The molecule has 2 aromatic carbocycles. The molecule has 4 rings (SSSR count). The number of ether oxygens (including phenoxy) is 1. The zero-order chi connectivity index (χ0) is 22.3. The van der Waals surface area contributed by atoms with Crippen LogP contribution in [-0.2, 0) is 21.1 Å². The lowest BCUT2D eigenvalue weighted by Gasteiger charge is -2.32. The lowest BCUT2D eigenvalue weighted by atomic mass is 9.84. The molecular formula is C23H27FN2O4S. The lowest BCUT2D eigenvalue weighted by Crippen LogP contribution is -2.46. The summed E-state index contributed by atoms with van der Waals surface area (Å²) in [6, 6.07) is 9.17. The normalized spacial score (nSPS) is 21.1. The van der Waals surface area contributed by atoms with Gasteiger partial charge < -0.3 is 15.0 Å². The van der Waals surface area contributed by atoms with Crippen LogP contribution < -0.4 is 10.1 Å². The third-order valence-corrected chi connectivity index (χ3v) is 7.01. The number of sulfone groups is 1. The van der Waals surface area contributed by atoms with Gasteiger partial charge in [0, 0.05) is 32.4 Å². The second kappa shape index (κ2) is 8.09. The maximum atomic E-state index is 14.8. The van der Waals surface area contributed by atoms with E-state index in [-0.39, 0.29) is 29.9 Å². The van der Waals surface area contributed by atoms with E-state index in [9.17, 15) is 17.6 Å². The molecule has 0 saturated carbocycles. The molecule has 6 nitrogen and oxygen atoms in total. The Bertz CT molecular complexity index is 1180. The molecule has 0 aromatic heterocycles. The Hall–Kier alpha value is -2.71. The van der Waals surface area contributed by atoms with Gasteiger partial charge in [0.05, 0.1) is 10.9 Å². The number of benzene rings is 2. The van der Waals surface area contributed by atoms with Gasteiger partial charge in [-0.3, -0.25) is 4.79 Å². The molecule has 0 spiro atoms. The van der Waals surface area contributed by atoms with Crippen molar-refractivity contribution in [3.05, 3.63) is 59.5 Å². The van der Waals surface area contributed by atoms with Crippen molar-refractivity contribution in [1.29, 1.82) is 0 Å². The van der Waals surface area contributed by atoms with Crippen LogP contribution in [0.3, 0.4) is 0 Å². The van der Waals surface area contributed by atoms with Crippen molar-refractivity contribution in [2.24, 2.45) is 5.92 Å². The van der Waals surface area contributed by atoms with Gasteiger partial charge in [-0.05, 0) is 54.8 Å². The van der Waals surface area contributed by atoms with E-state index in [1.807, 2.05) is 6.92 Å². The Balaban J connectivity index is 0.00000289. The third kappa shape index (κ3) is 3.97. The van der Waals surface area contributed by atoms with Gasteiger partial charge in [-0.15, -0.1) is 0 Å². The molecule has 1 amide bonds. The molecule has 0 bridgehead atoms. The number of halogens is 1. The molecular weight excluding hydrogens is 419 g/mol. The number of amides is 1. The van der Waals surface area contributed by atoms with Crippen LogP contribution in [0, 0.1) is 11.7 Å². The van der Waals surface area contributed by atoms with Crippen LogP contribution in [0.4, 0.5) is 4.39 Å². The molecule has 2 aliphatic rings. The highest BCUT2D eigenvalue weighted by molar-refractivity contribution is 7.90. The van der Waals surface area contributed by atoms with E-state index in [1.54, 1.807) is 43.6 Å². The van der Waals surface area contributed by atoms with E-state index in [1.165, 1.54) is 11.0 Å². The van der Waals surface area contributed by atoms with Crippen LogP contribution in [0.2, 0.25) is 0 Å². The number of hydrogen-bond donors (Lipinski definition) is 1. The number of aryl methyl sites for hydroxylation is 1. The standard InChI is InChI=1S/C23H25FN2O4S.H2/c1-4-14-6-5-7-20(21(14)24)30-19-9-8-15(31(3,28)29)12-17(19)18-13-26(2)23(27)22-16(18)10-11-25-22;/h5-9,12-13,16,22,25H,4,10-11H2,1-3H3;1H. The molecule has 2 atom stereocenters. The highest BCUT2D eigenvalue weighted by atomic mass is 32.2. The minimum atomic E-state index is -3.47. The summed E-state index contributed by atoms with van der Waals surface area (Å²) in [6.45, 7) is 2.54. The maximum absolute atomic E-state index is 14.8. The molecule has 2 unspecified atom stereocenters. The molecule has 166 valence electrons. The Morgan fingerprint density at radius 1 is 1.26 bits per heavy atom. The Labute approximate surface area is 183 Å². The number of rotatable bonds is 5. The minimum Gasteiger partial charge on any atom is -0.454 e. The number of likely N-dealkylation sites (N-methyl/N-ethyl adjacent to an activating group) is 1. The quantitative estimate of drug-likeness (QED) is 0.759. The minimum absolute atomic E-state index is 0. The van der Waals surface area contributed by atoms with E-state index in [0.29, 0.717) is 29.8 Å². The van der Waals surface area contributed by atoms with E-state index in [4.69, 9.17) is 4.74 Å². The van der Waals surface area contributed by atoms with E-state index in [0.717, 1.165) is 18.2 Å². The van der Waals surface area contributed by atoms with Crippen molar-refractivity contribution in [2.75, 3.05) is 19.8 Å². The van der Waals surface area contributed by atoms with Crippen molar-refractivity contribution >= 4 is 21.3 Å². The highest BCUT2D eigenvalue weighted by Crippen LogP contribution is 2.42. The van der Waals surface area contributed by atoms with Gasteiger partial charge in [-0.25, -0.2) is 12.8 Å². The molecule has 1 N–H and O–H groups in total. The van der Waals surface area contributed by atoms with Crippen LogP contribution in [0.25, 0.3) is 5.57 Å². The zero-order valence-corrected chi connectivity index (χ0v) is 18.5. The molecule has 2 aliphatic heterocycles. The third-order valence-electron chi connectivity index (χ3n) is 5.90. The summed E-state index contributed by atoms with van der Waals surface area (Å²) in [6.07, 6.45) is 4.13. The molecule has 2 heterocycles. The summed E-state index contributed by atoms with van der Waals surface area (Å²) in [4.78, 5) is 14.2. The van der Waals surface area contributed by atoms with Crippen LogP contribution in [-0.4, -0.2) is 45.1 Å². The zero-order valence-electron chi connectivity index (χ0n) is 17.7. The summed E-state index contributed by atoms with van der Waals surface area (Å²) in [5.74, 6) is -0.162. The fourth-order valence-corrected chi connectivity index (χ4v) is 4.88. The highest BCUT2D eigenvalue weighted by Gasteiger charge is 2.41. The van der Waals surface area contributed by atoms with Gasteiger partial charge in [0.25, 0.3) is 0 Å². The Morgan fingerprint density at radius 3 is 2.74 bits per heavy atom. The summed E-state index contributed by atoms with van der Waals surface area (Å²) in [5, 5.41) is 3.23. The average Bonchev–Trinajstić information content (AvgIpc) is 3.22. The lowest BCUT2D eigenvalue weighted by molar-refractivity contribution is -0.130. The smallest absolute Gasteiger partial charge is 0.244 e. The number of nitrogens with zero attached hydrogens (tertiary/aromatic N) is 1. The average molecular weight is 447 g/mol. The molecule has 1 fully saturated rings. The van der Waals surface area contributed by atoms with Crippen molar-refractivity contribution in [1.82, 2.24) is 10.2 Å². The fraction of sp³-hybridized carbons (Fsp3) is 0.348. The molecule has 2 aromatic rings. The van der Waals surface area contributed by atoms with Crippen LogP contribution in [0.15, 0.2) is 47.5 Å². The van der Waals surface area contributed by atoms with Gasteiger partial charge in [0.2, 0.25) is 5.91 Å². The maximum Gasteiger partial charge on any atom is 0.244 e. The molecule has 0 aliphatic carbocycles. The van der Waals surface area contributed by atoms with Crippen molar-refractivity contribution < 1.29 is 23.8 Å². The van der Waals surface area contributed by atoms with Gasteiger partial charge in [0.1, 0.15) is 5.75 Å². The number of carbonyl (C=O) groups is 1. The largest absolute Gasteiger partial charge is 0.454 e. The second-order valence-corrected chi connectivity index (χ2v) is 9.99. The van der Waals surface area contributed by atoms with Crippen molar-refractivity contribution in [2.45, 2.75) is 30.7 Å². The van der Waals surface area contributed by atoms with Crippen LogP contribution in [0.5, 0.6) is 11.5 Å². The number of nitrogens with one attached hydrogen (secondary N) is 1. The molecule has 0 radical (unpaired) electrons. The summed E-state index contributed by atoms with van der Waals surface area (Å²) >= 11 is 0. The van der Waals surface area contributed by atoms with E-state index in [2.05, 4.69) is 5.32 Å². The van der Waals surface area contributed by atoms with Crippen molar-refractivity contribution in [3.63, 3.8) is 0 Å². The van der Waals surface area contributed by atoms with Gasteiger partial charge >= 0.3 is 0 Å². The van der Waals surface area contributed by atoms with E-state index >= 15 is 0 Å². The predicted octanol–water partition coefficient (Wildman–Crippen LogP) is 3.62. The Morgan fingerprint density at radius 2 is 2.03 bits per heavy atom. The van der Waals surface area contributed by atoms with Gasteiger partial charge in [-0.2, -0.15) is 0 Å². The van der Waals surface area contributed by atoms with Crippen molar-refractivity contribution in [3.8, 4) is 11.5 Å². The number of carbonyl (C=O) groups excluding carboxylic acids is 1. The predicted molar refractivity (Wildman–Crippen MR) is 118 cm³/mol. The SMILES string of the molecule is CCc1cccc(Oc2ccc(S(C)(=O)=O)cc2C2=CN(C)C(=O)C3NCCC23)c1F.[HH]. The van der Waals surface area contributed by atoms with Crippen LogP contribution >= 0.6 is 0 Å². The first kappa shape index (κ1) is 21.5. The Kier molecular flexibility index (Phi) is 5.61. The van der Waals surface area contributed by atoms with Gasteiger partial charge in [0.15, 0.2) is 21.4 Å². The summed E-state index contributed by atoms with van der Waals surface area (Å²) in [5.41, 5.74) is 1.88. The number of fused-ring (bicyclic) bond motifs is 1. The molecule has 31 heavy (non-hydrogen) atoms. The first-order chi connectivity index (χ1) is 14.7. The van der Waals surface area contributed by atoms with E-state index < -0.39 is 15.7 Å². The fourth-order valence-electron chi connectivity index (χ4n) is 4.24. The monoisotopic (exact) mass is 446 g/mol. The molecule has 1 saturated heterocycles. The molecule has 8 heteroatoms. The number of hydrogen-bond acceptors (Lipinski definition) is 5. The van der Waals surface area contributed by atoms with Gasteiger partial charge in [-0.1, -0.05) is 19.1 Å². The summed E-state index contributed by atoms with van der Waals surface area (Å²) < 4.78 is 45.3.